The third kappa shape index (κ3) is 3.35. The normalized spacial score (nSPS) is 32.3. The van der Waals surface area contributed by atoms with Crippen molar-refractivity contribution in [3.05, 3.63) is 22.7 Å². The first-order chi connectivity index (χ1) is 10.0. The third-order valence-electron chi connectivity index (χ3n) is 3.23. The quantitative estimate of drug-likeness (QED) is 0.501. The Morgan fingerprint density at radius 1 is 1.64 bits per heavy atom. The Kier molecular flexibility index (Phi) is 4.39. The van der Waals surface area contributed by atoms with Crippen molar-refractivity contribution in [1.29, 1.82) is 0 Å². The molecule has 0 bridgehead atoms. The molecule has 1 aliphatic heterocycles. The van der Waals surface area contributed by atoms with E-state index in [4.69, 9.17) is 20.3 Å². The van der Waals surface area contributed by atoms with Gasteiger partial charge in [-0.3, -0.25) is 9.09 Å². The van der Waals surface area contributed by atoms with E-state index in [1.165, 1.54) is 6.07 Å². The molecular weight excluding hydrogens is 324 g/mol. The number of nitrogens with two attached hydrogens (primary N) is 1. The second-order valence-electron chi connectivity index (χ2n) is 4.95. The minimum Gasteiger partial charge on any atom is -0.387 e. The topological polar surface area (TPSA) is 157 Å². The van der Waals surface area contributed by atoms with Crippen LogP contribution < -0.4 is 11.4 Å². The second-order valence-corrected chi connectivity index (χ2v) is 6.19. The van der Waals surface area contributed by atoms with Crippen LogP contribution in [0.1, 0.15) is 13.2 Å². The summed E-state index contributed by atoms with van der Waals surface area (Å²) in [6.45, 7) is 0.237. The van der Waals surface area contributed by atoms with E-state index >= 15 is 0 Å². The van der Waals surface area contributed by atoms with E-state index in [1.54, 1.807) is 0 Å². The van der Waals surface area contributed by atoms with Gasteiger partial charge < -0.3 is 25.4 Å². The average molecular weight is 339 g/mol. The van der Waals surface area contributed by atoms with Crippen LogP contribution in [0.15, 0.2) is 17.1 Å². The molecule has 2 rings (SSSR count). The lowest BCUT2D eigenvalue weighted by Crippen LogP contribution is -2.43. The Labute approximate surface area is 123 Å². The number of ether oxygens (including phenoxy) is 1. The van der Waals surface area contributed by atoms with Crippen LogP contribution in [0, 0.1) is 0 Å². The molecule has 1 aromatic rings. The van der Waals surface area contributed by atoms with Gasteiger partial charge in [-0.05, 0) is 13.0 Å². The fourth-order valence-corrected chi connectivity index (χ4v) is 2.47. The highest BCUT2D eigenvalue weighted by atomic mass is 31.2. The molecule has 1 fully saturated rings. The molecule has 0 unspecified atom stereocenters. The number of aliphatic hydroxyl groups is 1. The molecule has 2 heterocycles. The molecule has 1 aliphatic rings. The van der Waals surface area contributed by atoms with Crippen LogP contribution in [-0.4, -0.2) is 48.9 Å². The van der Waals surface area contributed by atoms with Gasteiger partial charge in [0.1, 0.15) is 18.0 Å². The zero-order chi connectivity index (χ0) is 16.7. The maximum atomic E-state index is 14.7. The van der Waals surface area contributed by atoms with Crippen molar-refractivity contribution in [3.63, 3.8) is 0 Å². The zero-order valence-electron chi connectivity index (χ0n) is 11.4. The molecule has 1 aromatic heterocycles. The summed E-state index contributed by atoms with van der Waals surface area (Å²) in [6, 6.07) is 1.24. The molecule has 0 amide bonds. The number of rotatable bonds is 4. The van der Waals surface area contributed by atoms with Crippen molar-refractivity contribution < 1.29 is 33.1 Å². The van der Waals surface area contributed by atoms with E-state index in [0.29, 0.717) is 0 Å². The third-order valence-corrected chi connectivity index (χ3v) is 3.71. The maximum absolute atomic E-state index is 14.7. The summed E-state index contributed by atoms with van der Waals surface area (Å²) in [5, 5.41) is 9.90. The number of aliphatic hydroxyl groups excluding tert-OH is 1. The Morgan fingerprint density at radius 3 is 2.82 bits per heavy atom. The predicted octanol–water partition coefficient (Wildman–Crippen LogP) is -1.08. The number of nitrogens with zero attached hydrogens (tertiary/aromatic N) is 2. The van der Waals surface area contributed by atoms with E-state index in [0.717, 1.165) is 17.7 Å². The molecule has 22 heavy (non-hydrogen) atoms. The van der Waals surface area contributed by atoms with Crippen LogP contribution in [-0.2, 0) is 13.8 Å². The number of aromatic nitrogens is 2. The summed E-state index contributed by atoms with van der Waals surface area (Å²) >= 11 is 0. The molecule has 10 nitrogen and oxygen atoms in total. The average Bonchev–Trinajstić information content (AvgIpc) is 2.59. The summed E-state index contributed by atoms with van der Waals surface area (Å²) in [7, 11) is -4.81. The summed E-state index contributed by atoms with van der Waals surface area (Å²) in [6.07, 6.45) is -3.55. The van der Waals surface area contributed by atoms with E-state index in [-0.39, 0.29) is 5.82 Å². The minimum absolute atomic E-state index is 0.0678. The van der Waals surface area contributed by atoms with Gasteiger partial charge in [0, 0.05) is 6.20 Å². The van der Waals surface area contributed by atoms with Crippen molar-refractivity contribution >= 4 is 13.6 Å². The number of phosphoric ester groups is 1. The second kappa shape index (κ2) is 5.69. The van der Waals surface area contributed by atoms with Crippen LogP contribution in [0.5, 0.6) is 0 Å². The van der Waals surface area contributed by atoms with Crippen molar-refractivity contribution in [2.75, 3.05) is 12.3 Å². The van der Waals surface area contributed by atoms with Crippen molar-refractivity contribution in [2.24, 2.45) is 0 Å². The summed E-state index contributed by atoms with van der Waals surface area (Å²) < 4.78 is 35.5. The molecule has 0 aliphatic carbocycles. The molecule has 5 N–H and O–H groups in total. The van der Waals surface area contributed by atoms with Crippen molar-refractivity contribution in [3.8, 4) is 0 Å². The van der Waals surface area contributed by atoms with Crippen LogP contribution in [0.3, 0.4) is 0 Å². The number of alkyl halides is 1. The lowest BCUT2D eigenvalue weighted by Gasteiger charge is -2.24. The zero-order valence-corrected chi connectivity index (χ0v) is 12.3. The molecule has 124 valence electrons. The lowest BCUT2D eigenvalue weighted by molar-refractivity contribution is -0.0604. The largest absolute Gasteiger partial charge is 0.469 e. The molecule has 0 radical (unpaired) electrons. The van der Waals surface area contributed by atoms with Gasteiger partial charge in [-0.1, -0.05) is 0 Å². The van der Waals surface area contributed by atoms with Gasteiger partial charge in [0.25, 0.3) is 0 Å². The first-order valence-corrected chi connectivity index (χ1v) is 7.62. The molecule has 0 aromatic carbocycles. The van der Waals surface area contributed by atoms with Gasteiger partial charge in [0.15, 0.2) is 11.9 Å². The monoisotopic (exact) mass is 339 g/mol. The maximum Gasteiger partial charge on any atom is 0.469 e. The number of hydrogen-bond acceptors (Lipinski definition) is 7. The number of phosphoric acid groups is 1. The molecule has 0 spiro atoms. The van der Waals surface area contributed by atoms with Gasteiger partial charge >= 0.3 is 13.5 Å². The van der Waals surface area contributed by atoms with Crippen molar-refractivity contribution in [2.45, 2.75) is 31.0 Å². The van der Waals surface area contributed by atoms with E-state index in [2.05, 4.69) is 9.51 Å². The Bertz CT molecular complexity index is 660. The van der Waals surface area contributed by atoms with Crippen LogP contribution in [0.4, 0.5) is 10.2 Å². The standard InChI is InChI=1S/C10H15FN3O7P/c1-10(11)7(15)5(4-20-22(17,18)19)21-8(10)14-3-2-6(12)13-9(14)16/h2-3,5,7-8,15H,4H2,1H3,(H2,12,13,16)(H2,17,18,19)/t5-,7-,8-,10-/m1/s1. The first kappa shape index (κ1) is 17.0. The van der Waals surface area contributed by atoms with Crippen LogP contribution in [0.2, 0.25) is 0 Å². The highest BCUT2D eigenvalue weighted by Crippen LogP contribution is 2.43. The summed E-state index contributed by atoms with van der Waals surface area (Å²) in [4.78, 5) is 32.4. The molecule has 0 saturated carbocycles. The SMILES string of the molecule is C[C@@]1(F)[C@H](O)[C@@H](COP(=O)(O)O)O[C@H]1n1ccc(N)nc1=O. The van der Waals surface area contributed by atoms with Gasteiger partial charge in [-0.25, -0.2) is 13.8 Å². The van der Waals surface area contributed by atoms with Gasteiger partial charge in [0.2, 0.25) is 0 Å². The van der Waals surface area contributed by atoms with E-state index in [1.807, 2.05) is 0 Å². The Morgan fingerprint density at radius 2 is 2.27 bits per heavy atom. The van der Waals surface area contributed by atoms with Crippen LogP contribution in [0.25, 0.3) is 0 Å². The fraction of sp³-hybridized carbons (Fsp3) is 0.600. The highest BCUT2D eigenvalue weighted by molar-refractivity contribution is 7.46. The molecule has 12 heteroatoms. The first-order valence-electron chi connectivity index (χ1n) is 6.09. The highest BCUT2D eigenvalue weighted by Gasteiger charge is 2.55. The predicted molar refractivity (Wildman–Crippen MR) is 70.3 cm³/mol. The van der Waals surface area contributed by atoms with Gasteiger partial charge in [-0.2, -0.15) is 4.98 Å². The van der Waals surface area contributed by atoms with E-state index < -0.39 is 44.2 Å². The van der Waals surface area contributed by atoms with Gasteiger partial charge in [0.05, 0.1) is 6.61 Å². The summed E-state index contributed by atoms with van der Waals surface area (Å²) in [5.41, 5.74) is 2.03. The van der Waals surface area contributed by atoms with Crippen LogP contribution >= 0.6 is 7.82 Å². The molecule has 1 saturated heterocycles. The lowest BCUT2D eigenvalue weighted by atomic mass is 9.98. The number of anilines is 1. The smallest absolute Gasteiger partial charge is 0.387 e. The Balaban J connectivity index is 2.26. The van der Waals surface area contributed by atoms with Gasteiger partial charge in [-0.15, -0.1) is 0 Å². The minimum atomic E-state index is -4.81. The molecular formula is C10H15FN3O7P. The summed E-state index contributed by atoms with van der Waals surface area (Å²) in [5.74, 6) is -0.0678. The van der Waals surface area contributed by atoms with Crippen molar-refractivity contribution in [1.82, 2.24) is 9.55 Å². The fourth-order valence-electron chi connectivity index (χ4n) is 2.13. The van der Waals surface area contributed by atoms with E-state index in [9.17, 15) is 18.9 Å². The molecule has 4 atom stereocenters. The Hall–Kier alpha value is -1.36. The number of nitrogen functional groups attached to an aromatic ring is 1. The number of halogens is 1. The number of hydrogen-bond donors (Lipinski definition) is 4.